The van der Waals surface area contributed by atoms with Gasteiger partial charge in [-0.3, -0.25) is 0 Å². The lowest BCUT2D eigenvalue weighted by Gasteiger charge is -2.06. The van der Waals surface area contributed by atoms with E-state index in [4.69, 9.17) is 14.6 Å². The Bertz CT molecular complexity index is 646. The molecule has 0 fully saturated rings. The molecule has 0 bridgehead atoms. The standard InChI is InChI=1S/C16H14O5/c1-20-14-4-2-3-13(9-14)16(19)21-10-11-5-7-12(8-6-11)15(17)18/h2-9H,10H2,1H3,(H,17,18). The predicted molar refractivity (Wildman–Crippen MR) is 75.5 cm³/mol. The van der Waals surface area contributed by atoms with E-state index in [1.54, 1.807) is 36.4 Å². The lowest BCUT2D eigenvalue weighted by Crippen LogP contribution is -2.05. The number of hydrogen-bond acceptors (Lipinski definition) is 4. The molecule has 0 heterocycles. The molecule has 0 aliphatic rings. The highest BCUT2D eigenvalue weighted by molar-refractivity contribution is 5.90. The molecule has 1 N–H and O–H groups in total. The minimum Gasteiger partial charge on any atom is -0.497 e. The van der Waals surface area contributed by atoms with Gasteiger partial charge in [0.15, 0.2) is 0 Å². The van der Waals surface area contributed by atoms with E-state index in [0.717, 1.165) is 5.56 Å². The maximum absolute atomic E-state index is 11.9. The zero-order valence-electron chi connectivity index (χ0n) is 11.4. The van der Waals surface area contributed by atoms with Crippen LogP contribution in [0.4, 0.5) is 0 Å². The van der Waals surface area contributed by atoms with E-state index in [2.05, 4.69) is 0 Å². The first-order chi connectivity index (χ1) is 10.1. The summed E-state index contributed by atoms with van der Waals surface area (Å²) in [4.78, 5) is 22.6. The number of esters is 1. The van der Waals surface area contributed by atoms with Crippen LogP contribution in [0, 0.1) is 0 Å². The van der Waals surface area contributed by atoms with Gasteiger partial charge < -0.3 is 14.6 Å². The fourth-order valence-corrected chi connectivity index (χ4v) is 1.73. The van der Waals surface area contributed by atoms with Gasteiger partial charge in [-0.05, 0) is 35.9 Å². The number of carbonyl (C=O) groups excluding carboxylic acids is 1. The zero-order chi connectivity index (χ0) is 15.2. The Morgan fingerprint density at radius 3 is 2.38 bits per heavy atom. The van der Waals surface area contributed by atoms with Crippen molar-refractivity contribution in [3.63, 3.8) is 0 Å². The van der Waals surface area contributed by atoms with Crippen LogP contribution < -0.4 is 4.74 Å². The molecule has 21 heavy (non-hydrogen) atoms. The van der Waals surface area contributed by atoms with Crippen LogP contribution in [0.15, 0.2) is 48.5 Å². The van der Waals surface area contributed by atoms with Crippen LogP contribution in [-0.4, -0.2) is 24.2 Å². The molecule has 0 atom stereocenters. The zero-order valence-corrected chi connectivity index (χ0v) is 11.4. The third-order valence-electron chi connectivity index (χ3n) is 2.88. The van der Waals surface area contributed by atoms with E-state index >= 15 is 0 Å². The van der Waals surface area contributed by atoms with E-state index in [9.17, 15) is 9.59 Å². The molecule has 2 aromatic rings. The molecule has 2 rings (SSSR count). The Morgan fingerprint density at radius 2 is 1.76 bits per heavy atom. The summed E-state index contributed by atoms with van der Waals surface area (Å²) < 4.78 is 10.2. The minimum atomic E-state index is -0.991. The Balaban J connectivity index is 1.98. The van der Waals surface area contributed by atoms with E-state index in [1.807, 2.05) is 0 Å². The molecule has 0 aliphatic carbocycles. The average Bonchev–Trinajstić information content (AvgIpc) is 2.53. The molecule has 2 aromatic carbocycles. The number of carboxylic acids is 1. The van der Waals surface area contributed by atoms with Crippen molar-refractivity contribution in [1.29, 1.82) is 0 Å². The Morgan fingerprint density at radius 1 is 1.05 bits per heavy atom. The predicted octanol–water partition coefficient (Wildman–Crippen LogP) is 2.75. The van der Waals surface area contributed by atoms with Crippen molar-refractivity contribution in [3.8, 4) is 5.75 Å². The first-order valence-corrected chi connectivity index (χ1v) is 6.23. The molecule has 0 saturated carbocycles. The van der Waals surface area contributed by atoms with Gasteiger partial charge >= 0.3 is 11.9 Å². The molecule has 0 unspecified atom stereocenters. The fraction of sp³-hybridized carbons (Fsp3) is 0.125. The molecule has 0 aromatic heterocycles. The monoisotopic (exact) mass is 286 g/mol. The highest BCUT2D eigenvalue weighted by atomic mass is 16.5. The van der Waals surface area contributed by atoms with Crippen molar-refractivity contribution in [2.45, 2.75) is 6.61 Å². The Hall–Kier alpha value is -2.82. The van der Waals surface area contributed by atoms with Crippen LogP contribution >= 0.6 is 0 Å². The number of carboxylic acid groups (broad SMARTS) is 1. The van der Waals surface area contributed by atoms with Gasteiger partial charge in [-0.25, -0.2) is 9.59 Å². The SMILES string of the molecule is COc1cccc(C(=O)OCc2ccc(C(=O)O)cc2)c1. The molecule has 0 amide bonds. The van der Waals surface area contributed by atoms with Gasteiger partial charge in [0.1, 0.15) is 12.4 Å². The van der Waals surface area contributed by atoms with Gasteiger partial charge in [-0.2, -0.15) is 0 Å². The summed E-state index contributed by atoms with van der Waals surface area (Å²) in [6.45, 7) is 0.0793. The van der Waals surface area contributed by atoms with Crippen LogP contribution in [-0.2, 0) is 11.3 Å². The molecule has 0 saturated heterocycles. The van der Waals surface area contributed by atoms with Crippen molar-refractivity contribution in [2.75, 3.05) is 7.11 Å². The van der Waals surface area contributed by atoms with Crippen molar-refractivity contribution in [3.05, 3.63) is 65.2 Å². The topological polar surface area (TPSA) is 72.8 Å². The van der Waals surface area contributed by atoms with E-state index in [1.165, 1.54) is 19.2 Å². The van der Waals surface area contributed by atoms with Gasteiger partial charge in [-0.1, -0.05) is 18.2 Å². The Kier molecular flexibility index (Phi) is 4.56. The Labute approximate surface area is 121 Å². The third kappa shape index (κ3) is 3.82. The van der Waals surface area contributed by atoms with Crippen molar-refractivity contribution < 1.29 is 24.2 Å². The van der Waals surface area contributed by atoms with Crippen molar-refractivity contribution in [2.24, 2.45) is 0 Å². The number of rotatable bonds is 5. The second-order valence-electron chi connectivity index (χ2n) is 4.31. The van der Waals surface area contributed by atoms with Crippen molar-refractivity contribution in [1.82, 2.24) is 0 Å². The molecule has 0 aliphatic heterocycles. The lowest BCUT2D eigenvalue weighted by atomic mass is 10.1. The maximum Gasteiger partial charge on any atom is 0.338 e. The summed E-state index contributed by atoms with van der Waals surface area (Å²) in [7, 11) is 1.52. The maximum atomic E-state index is 11.9. The van der Waals surface area contributed by atoms with E-state index in [-0.39, 0.29) is 12.2 Å². The van der Waals surface area contributed by atoms with Gasteiger partial charge in [0.25, 0.3) is 0 Å². The molecule has 5 nitrogen and oxygen atoms in total. The van der Waals surface area contributed by atoms with Crippen LogP contribution in [0.5, 0.6) is 5.75 Å². The molecular formula is C16H14O5. The van der Waals surface area contributed by atoms with Gasteiger partial charge in [-0.15, -0.1) is 0 Å². The quantitative estimate of drug-likeness (QED) is 0.856. The average molecular weight is 286 g/mol. The van der Waals surface area contributed by atoms with Gasteiger partial charge in [0.05, 0.1) is 18.2 Å². The fourth-order valence-electron chi connectivity index (χ4n) is 1.73. The normalized spacial score (nSPS) is 9.95. The highest BCUT2D eigenvalue weighted by Crippen LogP contribution is 2.14. The van der Waals surface area contributed by atoms with E-state index in [0.29, 0.717) is 11.3 Å². The number of carbonyl (C=O) groups is 2. The summed E-state index contributed by atoms with van der Waals surface area (Å²) in [6.07, 6.45) is 0. The second-order valence-corrected chi connectivity index (χ2v) is 4.31. The molecule has 0 spiro atoms. The first kappa shape index (κ1) is 14.6. The van der Waals surface area contributed by atoms with Gasteiger partial charge in [0, 0.05) is 0 Å². The first-order valence-electron chi connectivity index (χ1n) is 6.23. The highest BCUT2D eigenvalue weighted by Gasteiger charge is 2.09. The summed E-state index contributed by atoms with van der Waals surface area (Å²) in [5, 5.41) is 8.79. The summed E-state index contributed by atoms with van der Waals surface area (Å²) >= 11 is 0. The third-order valence-corrected chi connectivity index (χ3v) is 2.88. The summed E-state index contributed by atoms with van der Waals surface area (Å²) in [5.74, 6) is -0.874. The van der Waals surface area contributed by atoms with Crippen LogP contribution in [0.1, 0.15) is 26.3 Å². The summed E-state index contributed by atoms with van der Waals surface area (Å²) in [5.41, 5.74) is 1.31. The summed E-state index contributed by atoms with van der Waals surface area (Å²) in [6, 6.07) is 12.8. The molecule has 0 radical (unpaired) electrons. The number of ether oxygens (including phenoxy) is 2. The molecule has 108 valence electrons. The number of hydrogen-bond donors (Lipinski definition) is 1. The molecule has 5 heteroatoms. The smallest absolute Gasteiger partial charge is 0.338 e. The lowest BCUT2D eigenvalue weighted by molar-refractivity contribution is 0.0471. The van der Waals surface area contributed by atoms with Crippen molar-refractivity contribution >= 4 is 11.9 Å². The van der Waals surface area contributed by atoms with Crippen LogP contribution in [0.2, 0.25) is 0 Å². The largest absolute Gasteiger partial charge is 0.497 e. The number of aromatic carboxylic acids is 1. The van der Waals surface area contributed by atoms with E-state index < -0.39 is 11.9 Å². The number of benzene rings is 2. The van der Waals surface area contributed by atoms with Crippen LogP contribution in [0.25, 0.3) is 0 Å². The molecular weight excluding hydrogens is 272 g/mol. The number of methoxy groups -OCH3 is 1. The van der Waals surface area contributed by atoms with Crippen LogP contribution in [0.3, 0.4) is 0 Å². The minimum absolute atomic E-state index is 0.0793. The second kappa shape index (κ2) is 6.56. The van der Waals surface area contributed by atoms with Gasteiger partial charge in [0.2, 0.25) is 0 Å².